The van der Waals surface area contributed by atoms with Crippen LogP contribution in [0.4, 0.5) is 10.1 Å². The Bertz CT molecular complexity index is 548. The van der Waals surface area contributed by atoms with Crippen molar-refractivity contribution in [1.82, 2.24) is 0 Å². The second-order valence-corrected chi connectivity index (χ2v) is 4.62. The lowest BCUT2D eigenvalue weighted by Crippen LogP contribution is -2.15. The molecular formula is C12H12BrFN2O4. The standard InChI is InChI=1S/C12H12BrFN2O4/c13-11-7(14)3-1-4-8(11)15-16-9(12(19)20)5-2-6-10(17)18/h1,3-4,15H,2,5-6H2,(H,17,18)(H,19,20). The summed E-state index contributed by atoms with van der Waals surface area (Å²) in [4.78, 5) is 21.3. The van der Waals surface area contributed by atoms with Gasteiger partial charge in [-0.25, -0.2) is 9.18 Å². The van der Waals surface area contributed by atoms with Gasteiger partial charge in [-0.05, 0) is 40.9 Å². The summed E-state index contributed by atoms with van der Waals surface area (Å²) in [7, 11) is 0. The highest BCUT2D eigenvalue weighted by molar-refractivity contribution is 9.10. The summed E-state index contributed by atoms with van der Waals surface area (Å²) in [5.74, 6) is -2.76. The van der Waals surface area contributed by atoms with Crippen LogP contribution in [0.5, 0.6) is 0 Å². The van der Waals surface area contributed by atoms with Gasteiger partial charge in [-0.15, -0.1) is 0 Å². The summed E-state index contributed by atoms with van der Waals surface area (Å²) in [6, 6.07) is 4.21. The number of rotatable bonds is 7. The van der Waals surface area contributed by atoms with Crippen molar-refractivity contribution in [3.8, 4) is 0 Å². The first-order valence-electron chi connectivity index (χ1n) is 5.63. The van der Waals surface area contributed by atoms with Gasteiger partial charge in [-0.1, -0.05) is 6.07 Å². The summed E-state index contributed by atoms with van der Waals surface area (Å²) in [6.45, 7) is 0. The summed E-state index contributed by atoms with van der Waals surface area (Å²) in [6.07, 6.45) is 0.0179. The topological polar surface area (TPSA) is 99.0 Å². The quantitative estimate of drug-likeness (QED) is 0.520. The highest BCUT2D eigenvalue weighted by Crippen LogP contribution is 2.25. The molecule has 0 fully saturated rings. The fourth-order valence-corrected chi connectivity index (χ4v) is 1.69. The Labute approximate surface area is 122 Å². The Hall–Kier alpha value is -1.96. The number of hydrazone groups is 1. The van der Waals surface area contributed by atoms with Crippen molar-refractivity contribution in [2.24, 2.45) is 5.10 Å². The van der Waals surface area contributed by atoms with Crippen molar-refractivity contribution in [3.63, 3.8) is 0 Å². The van der Waals surface area contributed by atoms with Crippen molar-refractivity contribution >= 4 is 39.3 Å². The van der Waals surface area contributed by atoms with Gasteiger partial charge in [0.25, 0.3) is 0 Å². The summed E-state index contributed by atoms with van der Waals surface area (Å²) < 4.78 is 13.4. The van der Waals surface area contributed by atoms with E-state index >= 15 is 0 Å². The second-order valence-electron chi connectivity index (χ2n) is 3.82. The minimum atomic E-state index is -1.25. The third kappa shape index (κ3) is 4.96. The number of hydrogen-bond acceptors (Lipinski definition) is 4. The van der Waals surface area contributed by atoms with Crippen molar-refractivity contribution in [2.45, 2.75) is 19.3 Å². The maximum Gasteiger partial charge on any atom is 0.352 e. The molecule has 1 rings (SSSR count). The third-order valence-corrected chi connectivity index (χ3v) is 3.12. The molecule has 3 N–H and O–H groups in total. The van der Waals surface area contributed by atoms with Gasteiger partial charge in [-0.2, -0.15) is 5.10 Å². The van der Waals surface area contributed by atoms with Crippen LogP contribution in [0.1, 0.15) is 19.3 Å². The molecule has 0 unspecified atom stereocenters. The SMILES string of the molecule is O=C(O)CCCC(=NNc1cccc(F)c1Br)C(=O)O. The van der Waals surface area contributed by atoms with Gasteiger partial charge in [0, 0.05) is 6.42 Å². The number of halogens is 2. The van der Waals surface area contributed by atoms with Crippen LogP contribution in [-0.2, 0) is 9.59 Å². The normalized spacial score (nSPS) is 11.2. The first kappa shape index (κ1) is 16.1. The van der Waals surface area contributed by atoms with Gasteiger partial charge in [-0.3, -0.25) is 10.2 Å². The molecule has 0 heterocycles. The molecule has 1 aromatic rings. The lowest BCUT2D eigenvalue weighted by molar-refractivity contribution is -0.137. The Morgan fingerprint density at radius 1 is 1.30 bits per heavy atom. The maximum absolute atomic E-state index is 13.2. The average Bonchev–Trinajstić information content (AvgIpc) is 2.37. The van der Waals surface area contributed by atoms with Crippen LogP contribution in [0.3, 0.4) is 0 Å². The summed E-state index contributed by atoms with van der Waals surface area (Å²) in [5, 5.41) is 21.1. The molecule has 0 radical (unpaired) electrons. The summed E-state index contributed by atoms with van der Waals surface area (Å²) in [5.41, 5.74) is 2.51. The van der Waals surface area contributed by atoms with E-state index in [1.807, 2.05) is 0 Å². The number of carbonyl (C=O) groups is 2. The van der Waals surface area contributed by atoms with E-state index in [-0.39, 0.29) is 35.1 Å². The van der Waals surface area contributed by atoms with E-state index in [9.17, 15) is 14.0 Å². The number of carboxylic acid groups (broad SMARTS) is 2. The highest BCUT2D eigenvalue weighted by Gasteiger charge is 2.11. The van der Waals surface area contributed by atoms with E-state index in [0.717, 1.165) is 0 Å². The zero-order valence-electron chi connectivity index (χ0n) is 10.3. The van der Waals surface area contributed by atoms with Crippen LogP contribution in [0, 0.1) is 5.82 Å². The number of hydrogen-bond donors (Lipinski definition) is 3. The van der Waals surface area contributed by atoms with Crippen molar-refractivity contribution in [2.75, 3.05) is 5.43 Å². The molecule has 0 aliphatic rings. The maximum atomic E-state index is 13.2. The molecule has 0 aliphatic heterocycles. The molecule has 0 bridgehead atoms. The second kappa shape index (κ2) is 7.59. The average molecular weight is 347 g/mol. The molecule has 6 nitrogen and oxygen atoms in total. The Kier molecular flexibility index (Phi) is 6.10. The van der Waals surface area contributed by atoms with E-state index < -0.39 is 17.8 Å². The lowest BCUT2D eigenvalue weighted by Gasteiger charge is -2.06. The summed E-state index contributed by atoms with van der Waals surface area (Å²) >= 11 is 3.01. The van der Waals surface area contributed by atoms with Gasteiger partial charge in [0.1, 0.15) is 11.5 Å². The molecule has 0 saturated carbocycles. The first-order chi connectivity index (χ1) is 9.41. The van der Waals surface area contributed by atoms with Gasteiger partial charge >= 0.3 is 11.9 Å². The largest absolute Gasteiger partial charge is 0.481 e. The van der Waals surface area contributed by atoms with Gasteiger partial charge in [0.15, 0.2) is 0 Å². The molecule has 0 aromatic heterocycles. The van der Waals surface area contributed by atoms with Crippen LogP contribution >= 0.6 is 15.9 Å². The van der Waals surface area contributed by atoms with Crippen molar-refractivity contribution in [1.29, 1.82) is 0 Å². The van der Waals surface area contributed by atoms with E-state index in [4.69, 9.17) is 10.2 Å². The van der Waals surface area contributed by atoms with E-state index in [2.05, 4.69) is 26.5 Å². The van der Waals surface area contributed by atoms with Crippen molar-refractivity contribution < 1.29 is 24.2 Å². The Morgan fingerprint density at radius 3 is 2.60 bits per heavy atom. The number of carboxylic acids is 2. The molecule has 108 valence electrons. The molecule has 1 aromatic carbocycles. The molecule has 0 amide bonds. The van der Waals surface area contributed by atoms with Gasteiger partial charge in [0.05, 0.1) is 10.2 Å². The molecular weight excluding hydrogens is 335 g/mol. The number of aliphatic carboxylic acids is 2. The third-order valence-electron chi connectivity index (χ3n) is 2.31. The minimum Gasteiger partial charge on any atom is -0.481 e. The van der Waals surface area contributed by atoms with Crippen LogP contribution in [0.25, 0.3) is 0 Å². The molecule has 0 spiro atoms. The van der Waals surface area contributed by atoms with E-state index in [1.165, 1.54) is 18.2 Å². The Balaban J connectivity index is 2.74. The lowest BCUT2D eigenvalue weighted by atomic mass is 10.2. The molecule has 20 heavy (non-hydrogen) atoms. The predicted molar refractivity (Wildman–Crippen MR) is 74.3 cm³/mol. The van der Waals surface area contributed by atoms with Crippen molar-refractivity contribution in [3.05, 3.63) is 28.5 Å². The zero-order chi connectivity index (χ0) is 15.1. The highest BCUT2D eigenvalue weighted by atomic mass is 79.9. The zero-order valence-corrected chi connectivity index (χ0v) is 11.9. The first-order valence-corrected chi connectivity index (χ1v) is 6.42. The fourth-order valence-electron chi connectivity index (χ4n) is 1.34. The number of nitrogens with one attached hydrogen (secondary N) is 1. The van der Waals surface area contributed by atoms with E-state index in [0.29, 0.717) is 0 Å². The molecule has 0 aliphatic carbocycles. The smallest absolute Gasteiger partial charge is 0.352 e. The number of benzene rings is 1. The molecule has 8 heteroatoms. The van der Waals surface area contributed by atoms with Gasteiger partial charge < -0.3 is 10.2 Å². The van der Waals surface area contributed by atoms with Crippen LogP contribution in [0.15, 0.2) is 27.8 Å². The van der Waals surface area contributed by atoms with Crippen LogP contribution in [0.2, 0.25) is 0 Å². The fraction of sp³-hybridized carbons (Fsp3) is 0.250. The molecule has 0 saturated heterocycles. The predicted octanol–water partition coefficient (Wildman–Crippen LogP) is 2.70. The number of anilines is 1. The molecule has 0 atom stereocenters. The Morgan fingerprint density at radius 2 is 2.00 bits per heavy atom. The number of nitrogens with zero attached hydrogens (tertiary/aromatic N) is 1. The monoisotopic (exact) mass is 346 g/mol. The van der Waals surface area contributed by atoms with Crippen LogP contribution in [-0.4, -0.2) is 27.9 Å². The van der Waals surface area contributed by atoms with Crippen LogP contribution < -0.4 is 5.43 Å². The minimum absolute atomic E-state index is 0.00156. The van der Waals surface area contributed by atoms with Gasteiger partial charge in [0.2, 0.25) is 0 Å². The van der Waals surface area contributed by atoms with E-state index in [1.54, 1.807) is 0 Å².